The molecule has 4 N–H and O–H groups in total. The molecule has 0 radical (unpaired) electrons. The van der Waals surface area contributed by atoms with Gasteiger partial charge in [0.2, 0.25) is 5.60 Å². The third-order valence-corrected chi connectivity index (χ3v) is 1.44. The van der Waals surface area contributed by atoms with Crippen molar-refractivity contribution >= 4 is 77.0 Å². The van der Waals surface area contributed by atoms with Crippen molar-refractivity contribution in [3.8, 4) is 0 Å². The summed E-state index contributed by atoms with van der Waals surface area (Å²) in [5.74, 6) is -5.05. The summed E-state index contributed by atoms with van der Waals surface area (Å²) in [5, 5.41) is 33.3. The van der Waals surface area contributed by atoms with E-state index >= 15 is 0 Å². The van der Waals surface area contributed by atoms with Crippen LogP contribution in [0.2, 0.25) is 0 Å². The molecule has 0 saturated heterocycles. The second-order valence-electron chi connectivity index (χ2n) is 2.53. The van der Waals surface area contributed by atoms with Crippen LogP contribution in [0.15, 0.2) is 0 Å². The van der Waals surface area contributed by atoms with Gasteiger partial charge in [0.05, 0.1) is 12.8 Å². The summed E-state index contributed by atoms with van der Waals surface area (Å²) in [6.45, 7) is 0. The Kier molecular flexibility index (Phi) is 12.6. The van der Waals surface area contributed by atoms with E-state index in [4.69, 9.17) is 20.6 Å². The Labute approximate surface area is 134 Å². The van der Waals surface area contributed by atoms with Crippen molar-refractivity contribution in [1.82, 2.24) is 0 Å². The predicted molar refractivity (Wildman–Crippen MR) is 52.9 cm³/mol. The van der Waals surface area contributed by atoms with Gasteiger partial charge in [-0.1, -0.05) is 0 Å². The monoisotopic (exact) mass is 256 g/mol. The van der Waals surface area contributed by atoms with E-state index < -0.39 is 36.4 Å². The van der Waals surface area contributed by atoms with Crippen molar-refractivity contribution in [2.75, 3.05) is 0 Å². The maximum atomic E-state index is 10.5. The van der Waals surface area contributed by atoms with Crippen LogP contribution >= 0.6 is 0 Å². The second-order valence-corrected chi connectivity index (χ2v) is 2.53. The van der Waals surface area contributed by atoms with Gasteiger partial charge in [0, 0.05) is 0 Å². The van der Waals surface area contributed by atoms with Crippen molar-refractivity contribution in [2.45, 2.75) is 18.4 Å². The van der Waals surface area contributed by atoms with Crippen LogP contribution in [-0.2, 0) is 19.3 Å². The average Bonchev–Trinajstić information content (AvgIpc) is 2.00. The van der Waals surface area contributed by atoms with E-state index in [0.29, 0.717) is 0 Å². The summed E-state index contributed by atoms with van der Waals surface area (Å²) >= 11 is 0. The number of carboxylic acids is 3. The van der Waals surface area contributed by atoms with Crippen molar-refractivity contribution in [3.63, 3.8) is 0 Å². The third kappa shape index (κ3) is 6.81. The Hall–Kier alpha value is 0.330. The van der Waals surface area contributed by atoms with Crippen molar-refractivity contribution in [3.05, 3.63) is 0 Å². The number of hydrogen-bond donors (Lipinski definition) is 4. The zero-order chi connectivity index (χ0) is 11.4. The molecule has 0 amide bonds. The van der Waals surface area contributed by atoms with Gasteiger partial charge in [0.15, 0.2) is 0 Å². The molecule has 0 aliphatic rings. The first-order chi connectivity index (χ1) is 6.34. The molecule has 0 saturated carbocycles. The molecule has 10 heteroatoms. The van der Waals surface area contributed by atoms with E-state index in [1.54, 1.807) is 0 Å². The minimum absolute atomic E-state index is 0. The van der Waals surface area contributed by atoms with E-state index in [1.165, 1.54) is 0 Å². The van der Waals surface area contributed by atoms with E-state index in [2.05, 4.69) is 4.89 Å². The Balaban J connectivity index is -0.000000845. The molecule has 0 atom stereocenters. The number of carboxylic acid groups (broad SMARTS) is 3. The topological polar surface area (TPSA) is 141 Å². The summed E-state index contributed by atoms with van der Waals surface area (Å²) in [6.07, 6.45) is -2.30. The van der Waals surface area contributed by atoms with Gasteiger partial charge in [-0.2, -0.15) is 0 Å². The van der Waals surface area contributed by atoms with Crippen molar-refractivity contribution < 1.29 is 39.8 Å². The SMILES string of the molecule is O=C(O)CC(CC(=O)O)(OO)C(=O)O.[NaH].[NaH]. The second kappa shape index (κ2) is 9.37. The molecule has 0 bridgehead atoms. The van der Waals surface area contributed by atoms with Crippen molar-refractivity contribution in [2.24, 2.45) is 0 Å². The van der Waals surface area contributed by atoms with Gasteiger partial charge >= 0.3 is 77.0 Å². The fourth-order valence-electron chi connectivity index (χ4n) is 0.806. The van der Waals surface area contributed by atoms with Gasteiger partial charge in [-0.25, -0.2) is 9.68 Å². The fourth-order valence-corrected chi connectivity index (χ4v) is 0.806. The molecule has 84 valence electrons. The van der Waals surface area contributed by atoms with Gasteiger partial charge < -0.3 is 15.3 Å². The average molecular weight is 256 g/mol. The Morgan fingerprint density at radius 2 is 1.25 bits per heavy atom. The summed E-state index contributed by atoms with van der Waals surface area (Å²) in [5.41, 5.74) is -2.64. The van der Waals surface area contributed by atoms with Crippen LogP contribution in [0.25, 0.3) is 0 Å². The molecule has 0 aliphatic carbocycles. The first-order valence-corrected chi connectivity index (χ1v) is 3.33. The summed E-state index contributed by atoms with van der Waals surface area (Å²) in [7, 11) is 0. The van der Waals surface area contributed by atoms with Crippen LogP contribution in [0.3, 0.4) is 0 Å². The zero-order valence-electron chi connectivity index (χ0n) is 6.84. The first kappa shape index (κ1) is 21.6. The minimum atomic E-state index is -2.64. The van der Waals surface area contributed by atoms with Gasteiger partial charge in [-0.05, 0) is 0 Å². The Morgan fingerprint density at radius 1 is 0.938 bits per heavy atom. The van der Waals surface area contributed by atoms with Gasteiger partial charge in [-0.3, -0.25) is 14.8 Å². The summed E-state index contributed by atoms with van der Waals surface area (Å²) in [6, 6.07) is 0. The van der Waals surface area contributed by atoms with Crippen LogP contribution in [0, 0.1) is 0 Å². The van der Waals surface area contributed by atoms with Gasteiger partial charge in [-0.15, -0.1) is 0 Å². The number of aliphatic carboxylic acids is 3. The number of hydrogen-bond acceptors (Lipinski definition) is 5. The molecule has 16 heavy (non-hydrogen) atoms. The van der Waals surface area contributed by atoms with E-state index in [9.17, 15) is 14.4 Å². The quantitative estimate of drug-likeness (QED) is 0.242. The maximum absolute atomic E-state index is 10.5. The number of rotatable bonds is 6. The standard InChI is InChI=1S/C6H8O8.2Na.2H/c7-3(8)1-6(14-13,5(11)12)2-4(9)10;;;;/h13H,1-2H2,(H,7,8)(H,9,10)(H,11,12);;;;. The van der Waals surface area contributed by atoms with Crippen LogP contribution in [0.1, 0.15) is 12.8 Å². The van der Waals surface area contributed by atoms with Gasteiger partial charge in [0.1, 0.15) is 0 Å². The molecule has 0 spiro atoms. The molecule has 0 aromatic heterocycles. The van der Waals surface area contributed by atoms with Crippen LogP contribution in [0.4, 0.5) is 0 Å². The normalized spacial score (nSPS) is 9.56. The van der Waals surface area contributed by atoms with Crippen LogP contribution < -0.4 is 0 Å². The molecule has 0 aromatic carbocycles. The van der Waals surface area contributed by atoms with E-state index in [0.717, 1.165) is 0 Å². The molecule has 8 nitrogen and oxygen atoms in total. The molecule has 0 rings (SSSR count). The van der Waals surface area contributed by atoms with Crippen LogP contribution in [-0.4, -0.2) is 103 Å². The summed E-state index contributed by atoms with van der Waals surface area (Å²) in [4.78, 5) is 34.4. The number of carbonyl (C=O) groups is 3. The van der Waals surface area contributed by atoms with Crippen LogP contribution in [0.5, 0.6) is 0 Å². The van der Waals surface area contributed by atoms with E-state index in [-0.39, 0.29) is 59.1 Å². The van der Waals surface area contributed by atoms with E-state index in [1.807, 2.05) is 0 Å². The molecular weight excluding hydrogens is 246 g/mol. The summed E-state index contributed by atoms with van der Waals surface area (Å²) < 4.78 is 0. The zero-order valence-corrected chi connectivity index (χ0v) is 6.84. The molecule has 0 aromatic rings. The predicted octanol–water partition coefficient (Wildman–Crippen LogP) is -2.05. The molecule has 0 aliphatic heterocycles. The Morgan fingerprint density at radius 3 is 1.38 bits per heavy atom. The van der Waals surface area contributed by atoms with Crippen molar-refractivity contribution in [1.29, 1.82) is 0 Å². The molecule has 0 unspecified atom stereocenters. The first-order valence-electron chi connectivity index (χ1n) is 3.33. The third-order valence-electron chi connectivity index (χ3n) is 1.44. The Bertz CT molecular complexity index is 249. The molecule has 0 heterocycles. The fraction of sp³-hybridized carbons (Fsp3) is 0.500. The molecular formula is C6H10Na2O8. The van der Waals surface area contributed by atoms with Gasteiger partial charge in [0.25, 0.3) is 0 Å². The molecule has 0 fully saturated rings.